The molecule has 15 heavy (non-hydrogen) atoms. The van der Waals surface area contributed by atoms with Gasteiger partial charge >= 0.3 is 0 Å². The molecule has 0 amide bonds. The Bertz CT molecular complexity index is 344. The van der Waals surface area contributed by atoms with Crippen molar-refractivity contribution in [2.75, 3.05) is 6.26 Å². The molecule has 0 saturated carbocycles. The van der Waals surface area contributed by atoms with Crippen LogP contribution >= 0.6 is 11.8 Å². The van der Waals surface area contributed by atoms with Crippen molar-refractivity contribution in [3.8, 4) is 12.3 Å². The molecular formula is C12H16N2S. The summed E-state index contributed by atoms with van der Waals surface area (Å²) >= 11 is 1.73. The Morgan fingerprint density at radius 3 is 2.87 bits per heavy atom. The van der Waals surface area contributed by atoms with E-state index in [2.05, 4.69) is 29.7 Å². The van der Waals surface area contributed by atoms with E-state index < -0.39 is 0 Å². The number of benzene rings is 1. The summed E-state index contributed by atoms with van der Waals surface area (Å²) in [5.74, 6) is 8.18. The molecule has 0 heterocycles. The lowest BCUT2D eigenvalue weighted by atomic mass is 10.0. The highest BCUT2D eigenvalue weighted by atomic mass is 32.2. The van der Waals surface area contributed by atoms with Crippen LogP contribution in [0.3, 0.4) is 0 Å². The Balaban J connectivity index is 2.86. The monoisotopic (exact) mass is 220 g/mol. The molecule has 1 atom stereocenters. The highest BCUT2D eigenvalue weighted by Crippen LogP contribution is 2.27. The van der Waals surface area contributed by atoms with E-state index in [0.29, 0.717) is 0 Å². The number of thioether (sulfide) groups is 1. The molecule has 1 rings (SSSR count). The summed E-state index contributed by atoms with van der Waals surface area (Å²) in [5, 5.41) is 0. The fraction of sp³-hybridized carbons (Fsp3) is 0.333. The molecular weight excluding hydrogens is 204 g/mol. The first-order valence-electron chi connectivity index (χ1n) is 4.86. The molecule has 80 valence electrons. The van der Waals surface area contributed by atoms with Gasteiger partial charge in [-0.1, -0.05) is 18.2 Å². The molecule has 0 fully saturated rings. The van der Waals surface area contributed by atoms with E-state index >= 15 is 0 Å². The van der Waals surface area contributed by atoms with Gasteiger partial charge in [0.1, 0.15) is 0 Å². The summed E-state index contributed by atoms with van der Waals surface area (Å²) in [6.07, 6.45) is 8.92. The summed E-state index contributed by atoms with van der Waals surface area (Å²) in [6, 6.07) is 8.39. The van der Waals surface area contributed by atoms with Gasteiger partial charge < -0.3 is 0 Å². The second kappa shape index (κ2) is 6.52. The minimum absolute atomic E-state index is 0.143. The average molecular weight is 220 g/mol. The van der Waals surface area contributed by atoms with Crippen LogP contribution in [0.1, 0.15) is 24.4 Å². The fourth-order valence-corrected chi connectivity index (χ4v) is 2.17. The summed E-state index contributed by atoms with van der Waals surface area (Å²) in [6.45, 7) is 0. The first kappa shape index (κ1) is 12.1. The molecule has 0 aromatic heterocycles. The lowest BCUT2D eigenvalue weighted by Crippen LogP contribution is -2.28. The smallest absolute Gasteiger partial charge is 0.0480 e. The van der Waals surface area contributed by atoms with Crippen molar-refractivity contribution >= 4 is 11.8 Å². The van der Waals surface area contributed by atoms with E-state index in [1.165, 1.54) is 10.5 Å². The lowest BCUT2D eigenvalue weighted by molar-refractivity contribution is 0.517. The van der Waals surface area contributed by atoms with Crippen LogP contribution in [0.5, 0.6) is 0 Å². The van der Waals surface area contributed by atoms with Crippen LogP contribution in [0.4, 0.5) is 0 Å². The van der Waals surface area contributed by atoms with Crippen molar-refractivity contribution in [2.45, 2.75) is 23.8 Å². The zero-order valence-corrected chi connectivity index (χ0v) is 9.68. The minimum Gasteiger partial charge on any atom is -0.271 e. The quantitative estimate of drug-likeness (QED) is 0.346. The van der Waals surface area contributed by atoms with E-state index in [9.17, 15) is 0 Å². The van der Waals surface area contributed by atoms with Gasteiger partial charge in [-0.25, -0.2) is 0 Å². The Kier molecular flexibility index (Phi) is 5.27. The zero-order valence-electron chi connectivity index (χ0n) is 8.86. The van der Waals surface area contributed by atoms with Gasteiger partial charge in [-0.2, -0.15) is 0 Å². The molecule has 0 spiro atoms. The Hall–Kier alpha value is -0.950. The summed E-state index contributed by atoms with van der Waals surface area (Å²) in [5.41, 5.74) is 4.04. The van der Waals surface area contributed by atoms with Gasteiger partial charge in [0.25, 0.3) is 0 Å². The maximum Gasteiger partial charge on any atom is 0.0480 e. The maximum atomic E-state index is 5.54. The molecule has 0 aliphatic rings. The topological polar surface area (TPSA) is 38.0 Å². The van der Waals surface area contributed by atoms with Crippen molar-refractivity contribution in [2.24, 2.45) is 5.84 Å². The number of hydrogen-bond acceptors (Lipinski definition) is 3. The van der Waals surface area contributed by atoms with Gasteiger partial charge in [-0.05, 0) is 24.3 Å². The van der Waals surface area contributed by atoms with Crippen LogP contribution in [-0.2, 0) is 0 Å². The van der Waals surface area contributed by atoms with Crippen LogP contribution < -0.4 is 11.3 Å². The Labute approximate surface area is 95.6 Å². The van der Waals surface area contributed by atoms with Crippen molar-refractivity contribution in [1.29, 1.82) is 0 Å². The van der Waals surface area contributed by atoms with Crippen molar-refractivity contribution in [3.05, 3.63) is 29.8 Å². The second-order valence-electron chi connectivity index (χ2n) is 3.20. The molecule has 1 aromatic carbocycles. The highest BCUT2D eigenvalue weighted by molar-refractivity contribution is 7.98. The minimum atomic E-state index is 0.143. The predicted octanol–water partition coefficient (Wildman–Crippen LogP) is 2.33. The molecule has 2 nitrogen and oxygen atoms in total. The molecule has 3 N–H and O–H groups in total. The van der Waals surface area contributed by atoms with Crippen molar-refractivity contribution < 1.29 is 0 Å². The Morgan fingerprint density at radius 2 is 2.27 bits per heavy atom. The number of hydrazine groups is 1. The van der Waals surface area contributed by atoms with Gasteiger partial charge in [0.2, 0.25) is 0 Å². The third-order valence-electron chi connectivity index (χ3n) is 2.29. The van der Waals surface area contributed by atoms with E-state index in [1.54, 1.807) is 11.8 Å². The predicted molar refractivity (Wildman–Crippen MR) is 66.4 cm³/mol. The second-order valence-corrected chi connectivity index (χ2v) is 4.05. The third kappa shape index (κ3) is 3.28. The van der Waals surface area contributed by atoms with Gasteiger partial charge in [-0.3, -0.25) is 11.3 Å². The van der Waals surface area contributed by atoms with Gasteiger partial charge in [0.05, 0.1) is 0 Å². The SMILES string of the molecule is C#CCCC(NN)c1ccccc1SC. The van der Waals surface area contributed by atoms with Crippen molar-refractivity contribution in [3.63, 3.8) is 0 Å². The van der Waals surface area contributed by atoms with Crippen molar-refractivity contribution in [1.82, 2.24) is 5.43 Å². The van der Waals surface area contributed by atoms with Gasteiger partial charge in [0.15, 0.2) is 0 Å². The summed E-state index contributed by atoms with van der Waals surface area (Å²) in [7, 11) is 0. The summed E-state index contributed by atoms with van der Waals surface area (Å²) in [4.78, 5) is 1.25. The Morgan fingerprint density at radius 1 is 1.53 bits per heavy atom. The lowest BCUT2D eigenvalue weighted by Gasteiger charge is -2.17. The highest BCUT2D eigenvalue weighted by Gasteiger charge is 2.11. The van der Waals surface area contributed by atoms with E-state index in [-0.39, 0.29) is 6.04 Å². The van der Waals surface area contributed by atoms with Gasteiger partial charge in [0, 0.05) is 17.4 Å². The normalized spacial score (nSPS) is 12.1. The molecule has 3 heteroatoms. The first-order valence-corrected chi connectivity index (χ1v) is 6.08. The first-order chi connectivity index (χ1) is 7.33. The third-order valence-corrected chi connectivity index (χ3v) is 3.10. The molecule has 0 saturated heterocycles. The maximum absolute atomic E-state index is 5.54. The number of nitrogens with two attached hydrogens (primary N) is 1. The van der Waals surface area contributed by atoms with E-state index in [4.69, 9.17) is 12.3 Å². The summed E-state index contributed by atoms with van der Waals surface area (Å²) < 4.78 is 0. The average Bonchev–Trinajstić information content (AvgIpc) is 2.30. The van der Waals surface area contributed by atoms with Crippen LogP contribution in [0.25, 0.3) is 0 Å². The molecule has 0 bridgehead atoms. The fourth-order valence-electron chi connectivity index (χ4n) is 1.51. The molecule has 0 aliphatic carbocycles. The van der Waals surface area contributed by atoms with Crippen LogP contribution in [0.2, 0.25) is 0 Å². The number of rotatable bonds is 5. The molecule has 1 aromatic rings. The van der Waals surface area contributed by atoms with E-state index in [1.807, 2.05) is 12.1 Å². The van der Waals surface area contributed by atoms with E-state index in [0.717, 1.165) is 12.8 Å². The molecule has 1 unspecified atom stereocenters. The van der Waals surface area contributed by atoms with Crippen LogP contribution in [-0.4, -0.2) is 6.26 Å². The number of hydrogen-bond donors (Lipinski definition) is 2. The number of nitrogens with one attached hydrogen (secondary N) is 1. The standard InChI is InChI=1S/C12H16N2S/c1-3-4-8-11(14-13)10-7-5-6-9-12(10)15-2/h1,5-7,9,11,14H,4,8,13H2,2H3. The van der Waals surface area contributed by atoms with Crippen LogP contribution in [0, 0.1) is 12.3 Å². The van der Waals surface area contributed by atoms with Gasteiger partial charge in [-0.15, -0.1) is 24.1 Å². The van der Waals surface area contributed by atoms with Crippen LogP contribution in [0.15, 0.2) is 29.2 Å². The largest absolute Gasteiger partial charge is 0.271 e. The molecule has 0 aliphatic heterocycles. The molecule has 0 radical (unpaired) electrons. The number of terminal acetylenes is 1. The zero-order chi connectivity index (χ0) is 11.1.